The molecule has 5 heterocycles. The summed E-state index contributed by atoms with van der Waals surface area (Å²) in [5, 5.41) is 9.08. The zero-order valence-electron chi connectivity index (χ0n) is 53.6. The van der Waals surface area contributed by atoms with Crippen LogP contribution in [0.4, 0.5) is 17.3 Å². The Hall–Kier alpha value is -7.86. The van der Waals surface area contributed by atoms with E-state index in [4.69, 9.17) is 39.0 Å². The molecule has 29 nitrogen and oxygen atoms in total. The second kappa shape index (κ2) is 31.8. The van der Waals surface area contributed by atoms with Gasteiger partial charge in [0.2, 0.25) is 17.5 Å². The van der Waals surface area contributed by atoms with Crippen molar-refractivity contribution in [3.8, 4) is 17.6 Å². The van der Waals surface area contributed by atoms with E-state index >= 15 is 0 Å². The predicted octanol–water partition coefficient (Wildman–Crippen LogP) is 8.91. The highest BCUT2D eigenvalue weighted by molar-refractivity contribution is 7.66. The number of phosphoric ester groups is 1. The minimum Gasteiger partial charge on any atom is -0.491 e. The lowest BCUT2D eigenvalue weighted by Gasteiger charge is -2.25. The molecular formula is C63H79N11O18P3+. The number of ketones is 1. The van der Waals surface area contributed by atoms with Crippen molar-refractivity contribution in [2.75, 3.05) is 69.8 Å². The number of H-pyrrole nitrogens is 1. The smallest absolute Gasteiger partial charge is 0.490 e. The lowest BCUT2D eigenvalue weighted by molar-refractivity contribution is -0.438. The van der Waals surface area contributed by atoms with E-state index in [1.54, 1.807) is 18.2 Å². The van der Waals surface area contributed by atoms with Crippen molar-refractivity contribution in [3.05, 3.63) is 157 Å². The van der Waals surface area contributed by atoms with Gasteiger partial charge in [-0.1, -0.05) is 84.4 Å². The van der Waals surface area contributed by atoms with Gasteiger partial charge >= 0.3 is 23.5 Å². The van der Waals surface area contributed by atoms with Crippen molar-refractivity contribution < 1.29 is 84.3 Å². The standard InChI is InChI=1S/C63H78N11O18P3/c1-8-72-50-26-23-41(2)34-48(50)62(4,5)52(72)21-10-9-11-22-53-63(6,7)49-35-42(3)24-27-51(49)73(53)31-15-19-45(75)18-14-30-67-59(77)43-16-12-20-46(36-43)88-40-55(70-71-65)87-33-32-86-39-54(76)66-29-13-17-44-37-74(58-57(44)60(78)69-61(64)68-58)56-28-25-47(90-56)38-89-94(82,83)92-95(84,85)91-93(79,80)81/h9-12,16,20-24,26-27,34-37,47,55-56H,8,14-15,18-19,25,28-33,38-40H2,1-7H3,(H8-,64,66,67,68,69,76,77,78,79,80,81,82,83,84,85)/p+1/t47-,55?,56+/m0/s1. The number of carbonyl (C=O) groups is 3. The van der Waals surface area contributed by atoms with Gasteiger partial charge in [0.05, 0.1) is 48.8 Å². The van der Waals surface area contributed by atoms with Crippen molar-refractivity contribution in [3.63, 3.8) is 0 Å². The largest absolute Gasteiger partial charge is 0.491 e. The summed E-state index contributed by atoms with van der Waals surface area (Å²) in [6.07, 6.45) is 11.5. The molecule has 2 aromatic heterocycles. The summed E-state index contributed by atoms with van der Waals surface area (Å²) in [6.45, 7) is 15.6. The van der Waals surface area contributed by atoms with Crippen LogP contribution in [-0.2, 0) is 61.5 Å². The summed E-state index contributed by atoms with van der Waals surface area (Å²) in [4.78, 5) is 101. The first-order valence-electron chi connectivity index (χ1n) is 30.6. The van der Waals surface area contributed by atoms with E-state index in [0.29, 0.717) is 43.5 Å². The molecular weight excluding hydrogens is 1290 g/mol. The van der Waals surface area contributed by atoms with E-state index in [1.807, 2.05) is 0 Å². The number of likely N-dealkylation sites (N-methyl/N-ethyl adjacent to an activating group) is 1. The molecule has 3 aliphatic rings. The Balaban J connectivity index is 0.731. The van der Waals surface area contributed by atoms with Crippen LogP contribution in [0.1, 0.15) is 118 Å². The van der Waals surface area contributed by atoms with Gasteiger partial charge in [0, 0.05) is 83.5 Å². The van der Waals surface area contributed by atoms with E-state index in [0.717, 1.165) is 12.2 Å². The maximum absolute atomic E-state index is 13.2. The minimum atomic E-state index is -5.73. The molecule has 0 radical (unpaired) electrons. The number of Topliss-reactive ketones (excluding diaryl/α,β-unsaturated/α-hetero) is 1. The number of amides is 2. The van der Waals surface area contributed by atoms with E-state index in [9.17, 15) is 48.2 Å². The van der Waals surface area contributed by atoms with Crippen LogP contribution in [-0.4, -0.2) is 134 Å². The summed E-state index contributed by atoms with van der Waals surface area (Å²) >= 11 is 0. The summed E-state index contributed by atoms with van der Waals surface area (Å²) in [5.41, 5.74) is 24.4. The van der Waals surface area contributed by atoms with Gasteiger partial charge in [-0.15, -0.1) is 0 Å². The Morgan fingerprint density at radius 3 is 2.44 bits per heavy atom. The van der Waals surface area contributed by atoms with Gasteiger partial charge in [-0.2, -0.15) is 18.2 Å². The van der Waals surface area contributed by atoms with Crippen LogP contribution in [0.3, 0.4) is 0 Å². The van der Waals surface area contributed by atoms with Gasteiger partial charge in [0.15, 0.2) is 17.6 Å². The van der Waals surface area contributed by atoms with Crippen LogP contribution in [0.15, 0.2) is 113 Å². The molecule has 95 heavy (non-hydrogen) atoms. The van der Waals surface area contributed by atoms with Gasteiger partial charge in [0.1, 0.15) is 37.5 Å². The number of hydrogen-bond donors (Lipinski definition) is 8. The van der Waals surface area contributed by atoms with Crippen molar-refractivity contribution in [2.24, 2.45) is 5.11 Å². The number of fused-ring (bicyclic) bond motifs is 3. The van der Waals surface area contributed by atoms with E-state index < -0.39 is 66.7 Å². The normalized spacial score (nSPS) is 18.5. The molecule has 0 spiro atoms. The molecule has 3 unspecified atom stereocenters. The Labute approximate surface area is 548 Å². The van der Waals surface area contributed by atoms with E-state index in [1.165, 1.54) is 56.2 Å². The highest BCUT2D eigenvalue weighted by Crippen LogP contribution is 2.66. The predicted molar refractivity (Wildman–Crippen MR) is 353 cm³/mol. The Kier molecular flexibility index (Phi) is 24.4. The molecule has 1 fully saturated rings. The van der Waals surface area contributed by atoms with Crippen molar-refractivity contribution >= 4 is 75.1 Å². The number of nitrogen functional groups attached to an aromatic ring is 1. The zero-order chi connectivity index (χ0) is 68.9. The number of ether oxygens (including phenoxy) is 4. The van der Waals surface area contributed by atoms with Crippen LogP contribution < -0.4 is 31.6 Å². The van der Waals surface area contributed by atoms with Crippen LogP contribution in [0.5, 0.6) is 5.75 Å². The number of nitrogens with zero attached hydrogens (tertiary/aromatic N) is 7. The summed E-state index contributed by atoms with van der Waals surface area (Å²) < 4.78 is 73.5. The highest BCUT2D eigenvalue weighted by atomic mass is 31.3. The molecule has 508 valence electrons. The number of benzene rings is 3. The summed E-state index contributed by atoms with van der Waals surface area (Å²) in [5.74, 6) is 4.81. The number of aromatic amines is 1. The van der Waals surface area contributed by atoms with Gasteiger partial charge in [0.25, 0.3) is 11.5 Å². The first kappa shape index (κ1) is 73.0. The maximum atomic E-state index is 13.2. The van der Waals surface area contributed by atoms with Crippen molar-refractivity contribution in [1.29, 1.82) is 0 Å². The number of phosphoric acid groups is 3. The molecule has 3 aliphatic heterocycles. The van der Waals surface area contributed by atoms with Gasteiger partial charge < -0.3 is 64.4 Å². The molecule has 32 heteroatoms. The number of nitrogens with two attached hydrogens (primary N) is 1. The first-order valence-corrected chi connectivity index (χ1v) is 35.1. The van der Waals surface area contributed by atoms with Gasteiger partial charge in [-0.3, -0.25) is 28.7 Å². The van der Waals surface area contributed by atoms with Crippen LogP contribution in [0.25, 0.3) is 21.5 Å². The molecule has 8 rings (SSSR count). The SMILES string of the molecule is CCN1C(=CC=CC=CC2=[N+](CCCC(=O)CCCNC(=O)c3cccc(OCC(N=[N+]=[N-])OCCOCC(=O)NCC#Cc4cn([C@H]5CC[C@@H](COP(=O)(O)OP(=O)(O)OP(=O)(O)O)O5)c5nc(N)[nH]c(=O)c45)c3)c3ccc(C)cc3C2(C)C)C(C)(C)c2cc(C)ccc21. The zero-order valence-corrected chi connectivity index (χ0v) is 56.3. The van der Waals surface area contributed by atoms with E-state index in [2.05, 4.69) is 176 Å². The molecule has 0 saturated carbocycles. The molecule has 9 N–H and O–H groups in total. The number of rotatable bonds is 32. The molecule has 0 aliphatic carbocycles. The fraction of sp³-hybridized carbons (Fsp3) is 0.429. The maximum Gasteiger partial charge on any atom is 0.490 e. The number of azide groups is 1. The minimum absolute atomic E-state index is 0.0246. The first-order chi connectivity index (χ1) is 45.0. The average Bonchev–Trinajstić information content (AvgIpc) is 1.61. The number of nitrogens with one attached hydrogen (secondary N) is 3. The average molecular weight is 1370 g/mol. The number of allylic oxidation sites excluding steroid dienone is 6. The quantitative estimate of drug-likeness (QED) is 0.00291. The number of aromatic nitrogens is 3. The number of aryl methyl sites for hydroxylation is 2. The number of carbonyl (C=O) groups excluding carboxylic acids is 3. The fourth-order valence-corrected chi connectivity index (χ4v) is 14.5. The van der Waals surface area contributed by atoms with Crippen LogP contribution in [0, 0.1) is 25.7 Å². The molecule has 1 saturated heterocycles. The Morgan fingerprint density at radius 2 is 1.69 bits per heavy atom. The van der Waals surface area contributed by atoms with Crippen LogP contribution >= 0.6 is 23.5 Å². The lowest BCUT2D eigenvalue weighted by atomic mass is 9.81. The third kappa shape index (κ3) is 19.4. The van der Waals surface area contributed by atoms with Gasteiger partial charge in [-0.05, 0) is 101 Å². The lowest BCUT2D eigenvalue weighted by Crippen LogP contribution is -2.29. The third-order valence-electron chi connectivity index (χ3n) is 15.9. The fourth-order valence-electron chi connectivity index (χ4n) is 11.5. The molecule has 0 bridgehead atoms. The highest BCUT2D eigenvalue weighted by Gasteiger charge is 2.45. The molecule has 3 aromatic carbocycles. The monoisotopic (exact) mass is 1370 g/mol. The third-order valence-corrected chi connectivity index (χ3v) is 19.7. The van der Waals surface area contributed by atoms with Crippen LogP contribution in [0.2, 0.25) is 0 Å². The second-order valence-electron chi connectivity index (χ2n) is 23.6. The number of hydrogen-bond acceptors (Lipinski definition) is 18. The Morgan fingerprint density at radius 1 is 0.947 bits per heavy atom. The summed E-state index contributed by atoms with van der Waals surface area (Å²) in [6, 6.07) is 19.7. The van der Waals surface area contributed by atoms with Crippen molar-refractivity contribution in [1.82, 2.24) is 25.2 Å². The van der Waals surface area contributed by atoms with Crippen molar-refractivity contribution in [2.45, 2.75) is 116 Å². The van der Waals surface area contributed by atoms with E-state index in [-0.39, 0.29) is 90.8 Å². The topological polar surface area (TPSA) is 404 Å². The second-order valence-corrected chi connectivity index (χ2v) is 28.1. The van der Waals surface area contributed by atoms with Gasteiger partial charge in [-0.25, -0.2) is 13.7 Å². The Bertz CT molecular complexity index is 4160. The summed E-state index contributed by atoms with van der Waals surface area (Å²) in [7, 11) is -16.7. The molecule has 2 amide bonds. The molecule has 5 atom stereocenters. The molecule has 5 aromatic rings. The number of anilines is 2.